The van der Waals surface area contributed by atoms with Crippen molar-refractivity contribution in [2.24, 2.45) is 5.92 Å². The van der Waals surface area contributed by atoms with E-state index in [0.717, 1.165) is 18.7 Å². The number of carbonyl (C=O) groups excluding carboxylic acids is 1. The second kappa shape index (κ2) is 5.35. The van der Waals surface area contributed by atoms with Gasteiger partial charge in [-0.25, -0.2) is 0 Å². The summed E-state index contributed by atoms with van der Waals surface area (Å²) in [6, 6.07) is 9.07. The first-order chi connectivity index (χ1) is 8.28. The highest BCUT2D eigenvalue weighted by Crippen LogP contribution is 2.17. The second-order valence-corrected chi connectivity index (χ2v) is 4.16. The van der Waals surface area contributed by atoms with Crippen LogP contribution in [0.3, 0.4) is 0 Å². The van der Waals surface area contributed by atoms with Crippen LogP contribution in [0.2, 0.25) is 0 Å². The van der Waals surface area contributed by atoms with Crippen molar-refractivity contribution in [3.63, 3.8) is 0 Å². The van der Waals surface area contributed by atoms with Crippen LogP contribution >= 0.6 is 0 Å². The standard InChI is InChI=1S/C13H14N2O2/c14-8-10-1-3-12(4-2-10)17-9-11-5-6-15-13(16)7-11/h1-4,11H,5-7,9H2,(H,15,16). The molecule has 1 heterocycles. The summed E-state index contributed by atoms with van der Waals surface area (Å²) in [5.74, 6) is 1.14. The number of piperidine rings is 1. The van der Waals surface area contributed by atoms with E-state index in [2.05, 4.69) is 11.4 Å². The van der Waals surface area contributed by atoms with Crippen LogP contribution in [0.1, 0.15) is 18.4 Å². The average Bonchev–Trinajstić information content (AvgIpc) is 2.37. The quantitative estimate of drug-likeness (QED) is 0.855. The lowest BCUT2D eigenvalue weighted by atomic mass is 9.99. The fraction of sp³-hybridized carbons (Fsp3) is 0.385. The van der Waals surface area contributed by atoms with Crippen molar-refractivity contribution in [2.45, 2.75) is 12.8 Å². The van der Waals surface area contributed by atoms with Crippen LogP contribution in [0.25, 0.3) is 0 Å². The maximum absolute atomic E-state index is 11.2. The molecule has 1 aromatic rings. The summed E-state index contributed by atoms with van der Waals surface area (Å²) < 4.78 is 5.60. The lowest BCUT2D eigenvalue weighted by Crippen LogP contribution is -2.35. The summed E-state index contributed by atoms with van der Waals surface area (Å²) in [6.07, 6.45) is 1.50. The van der Waals surface area contributed by atoms with Crippen LogP contribution in [-0.4, -0.2) is 19.1 Å². The number of nitrogens with zero attached hydrogens (tertiary/aromatic N) is 1. The van der Waals surface area contributed by atoms with Gasteiger partial charge in [0.1, 0.15) is 5.75 Å². The molecular formula is C13H14N2O2. The van der Waals surface area contributed by atoms with Crippen LogP contribution in [-0.2, 0) is 4.79 Å². The molecule has 1 atom stereocenters. The predicted molar refractivity (Wildman–Crippen MR) is 62.4 cm³/mol. The SMILES string of the molecule is N#Cc1ccc(OCC2CCNC(=O)C2)cc1. The van der Waals surface area contributed by atoms with Crippen LogP contribution < -0.4 is 10.1 Å². The van der Waals surface area contributed by atoms with Crippen molar-refractivity contribution >= 4 is 5.91 Å². The molecule has 0 radical (unpaired) electrons. The highest BCUT2D eigenvalue weighted by atomic mass is 16.5. The van der Waals surface area contributed by atoms with Gasteiger partial charge in [-0.15, -0.1) is 0 Å². The number of hydrogen-bond acceptors (Lipinski definition) is 3. The number of hydrogen-bond donors (Lipinski definition) is 1. The molecule has 1 aliphatic heterocycles. The van der Waals surface area contributed by atoms with Crippen molar-refractivity contribution in [2.75, 3.05) is 13.2 Å². The van der Waals surface area contributed by atoms with Gasteiger partial charge >= 0.3 is 0 Å². The Hall–Kier alpha value is -2.02. The van der Waals surface area contributed by atoms with Crippen molar-refractivity contribution in [1.82, 2.24) is 5.32 Å². The van der Waals surface area contributed by atoms with Crippen LogP contribution in [0.5, 0.6) is 5.75 Å². The average molecular weight is 230 g/mol. The first-order valence-corrected chi connectivity index (χ1v) is 5.67. The maximum Gasteiger partial charge on any atom is 0.220 e. The number of rotatable bonds is 3. The van der Waals surface area contributed by atoms with E-state index in [-0.39, 0.29) is 5.91 Å². The Bertz CT molecular complexity index is 434. The Kier molecular flexibility index (Phi) is 3.61. The molecule has 2 rings (SSSR count). The smallest absolute Gasteiger partial charge is 0.220 e. The third kappa shape index (κ3) is 3.22. The molecule has 0 aliphatic carbocycles. The lowest BCUT2D eigenvalue weighted by Gasteiger charge is -2.22. The summed E-state index contributed by atoms with van der Waals surface area (Å²) in [5.41, 5.74) is 0.620. The van der Waals surface area contributed by atoms with Gasteiger partial charge in [-0.3, -0.25) is 4.79 Å². The summed E-state index contributed by atoms with van der Waals surface area (Å²) in [7, 11) is 0. The zero-order chi connectivity index (χ0) is 12.1. The lowest BCUT2D eigenvalue weighted by molar-refractivity contribution is -0.123. The highest BCUT2D eigenvalue weighted by Gasteiger charge is 2.19. The van der Waals surface area contributed by atoms with E-state index >= 15 is 0 Å². The molecule has 4 nitrogen and oxygen atoms in total. The minimum Gasteiger partial charge on any atom is -0.493 e. The molecule has 1 N–H and O–H groups in total. The molecule has 1 unspecified atom stereocenters. The number of nitrogens with one attached hydrogen (secondary N) is 1. The first kappa shape index (κ1) is 11.5. The van der Waals surface area contributed by atoms with E-state index in [1.165, 1.54) is 0 Å². The Labute approximate surface area is 100 Å². The van der Waals surface area contributed by atoms with E-state index in [4.69, 9.17) is 10.00 Å². The van der Waals surface area contributed by atoms with Crippen molar-refractivity contribution < 1.29 is 9.53 Å². The topological polar surface area (TPSA) is 62.1 Å². The number of carbonyl (C=O) groups is 1. The third-order valence-electron chi connectivity index (χ3n) is 2.82. The largest absolute Gasteiger partial charge is 0.493 e. The van der Waals surface area contributed by atoms with Gasteiger partial charge in [-0.1, -0.05) is 0 Å². The van der Waals surface area contributed by atoms with Gasteiger partial charge in [0.05, 0.1) is 18.2 Å². The molecule has 1 amide bonds. The molecular weight excluding hydrogens is 216 g/mol. The van der Waals surface area contributed by atoms with Crippen molar-refractivity contribution in [3.8, 4) is 11.8 Å². The zero-order valence-corrected chi connectivity index (χ0v) is 9.48. The molecule has 17 heavy (non-hydrogen) atoms. The number of benzene rings is 1. The maximum atomic E-state index is 11.2. The Balaban J connectivity index is 1.84. The van der Waals surface area contributed by atoms with Crippen LogP contribution in [0, 0.1) is 17.2 Å². The van der Waals surface area contributed by atoms with Crippen molar-refractivity contribution in [3.05, 3.63) is 29.8 Å². The molecule has 88 valence electrons. The molecule has 0 spiro atoms. The summed E-state index contributed by atoms with van der Waals surface area (Å²) in [5, 5.41) is 11.5. The molecule has 1 fully saturated rings. The molecule has 1 saturated heterocycles. The Morgan fingerprint density at radius 3 is 2.82 bits per heavy atom. The predicted octanol–water partition coefficient (Wildman–Crippen LogP) is 1.46. The van der Waals surface area contributed by atoms with Crippen LogP contribution in [0.4, 0.5) is 0 Å². The van der Waals surface area contributed by atoms with E-state index in [1.807, 2.05) is 0 Å². The molecule has 1 aliphatic rings. The Morgan fingerprint density at radius 1 is 1.41 bits per heavy atom. The zero-order valence-electron chi connectivity index (χ0n) is 9.48. The summed E-state index contributed by atoms with van der Waals surface area (Å²) in [6.45, 7) is 1.29. The molecule has 0 bridgehead atoms. The fourth-order valence-corrected chi connectivity index (χ4v) is 1.83. The molecule has 1 aromatic carbocycles. The summed E-state index contributed by atoms with van der Waals surface area (Å²) in [4.78, 5) is 11.2. The monoisotopic (exact) mass is 230 g/mol. The van der Waals surface area contributed by atoms with Gasteiger partial charge in [0, 0.05) is 18.9 Å². The van der Waals surface area contributed by atoms with Gasteiger partial charge in [-0.05, 0) is 30.7 Å². The van der Waals surface area contributed by atoms with Crippen molar-refractivity contribution in [1.29, 1.82) is 5.26 Å². The van der Waals surface area contributed by atoms with Crippen LogP contribution in [0.15, 0.2) is 24.3 Å². The van der Waals surface area contributed by atoms with Gasteiger partial charge < -0.3 is 10.1 Å². The van der Waals surface area contributed by atoms with Gasteiger partial charge in [-0.2, -0.15) is 5.26 Å². The number of ether oxygens (including phenoxy) is 1. The molecule has 0 saturated carbocycles. The van der Waals surface area contributed by atoms with Gasteiger partial charge in [0.25, 0.3) is 0 Å². The summed E-state index contributed by atoms with van der Waals surface area (Å²) >= 11 is 0. The second-order valence-electron chi connectivity index (χ2n) is 4.16. The van der Waals surface area contributed by atoms with E-state index in [1.54, 1.807) is 24.3 Å². The van der Waals surface area contributed by atoms with E-state index < -0.39 is 0 Å². The first-order valence-electron chi connectivity index (χ1n) is 5.67. The van der Waals surface area contributed by atoms with E-state index in [9.17, 15) is 4.79 Å². The minimum atomic E-state index is 0.102. The third-order valence-corrected chi connectivity index (χ3v) is 2.82. The fourth-order valence-electron chi connectivity index (χ4n) is 1.83. The normalized spacial score (nSPS) is 19.2. The molecule has 0 aromatic heterocycles. The van der Waals surface area contributed by atoms with Gasteiger partial charge in [0.15, 0.2) is 0 Å². The Morgan fingerprint density at radius 2 is 2.18 bits per heavy atom. The minimum absolute atomic E-state index is 0.102. The number of amides is 1. The molecule has 4 heteroatoms. The van der Waals surface area contributed by atoms with E-state index in [0.29, 0.717) is 24.5 Å². The van der Waals surface area contributed by atoms with Gasteiger partial charge in [0.2, 0.25) is 5.91 Å². The highest BCUT2D eigenvalue weighted by molar-refractivity contribution is 5.76. The number of nitriles is 1.